The minimum atomic E-state index is -0.330. The highest BCUT2D eigenvalue weighted by atomic mass is 35.5. The molecule has 0 spiro atoms. The van der Waals surface area contributed by atoms with Crippen molar-refractivity contribution in [3.05, 3.63) is 36.5 Å². The third kappa shape index (κ3) is 4.08. The van der Waals surface area contributed by atoms with Crippen LogP contribution in [0.1, 0.15) is 18.9 Å². The number of hydrogen-bond acceptors (Lipinski definition) is 6. The van der Waals surface area contributed by atoms with Crippen LogP contribution in [0.3, 0.4) is 0 Å². The fraction of sp³-hybridized carbons (Fsp3) is 0.368. The first kappa shape index (κ1) is 20.0. The topological polar surface area (TPSA) is 69.7 Å². The number of nitrogens with zero attached hydrogens (tertiary/aromatic N) is 1. The Morgan fingerprint density at radius 2 is 2.27 bits per heavy atom. The molecule has 1 aromatic carbocycles. The van der Waals surface area contributed by atoms with Crippen molar-refractivity contribution in [1.29, 1.82) is 0 Å². The molecule has 6 nitrogen and oxygen atoms in total. The number of ether oxygens (including phenoxy) is 3. The summed E-state index contributed by atoms with van der Waals surface area (Å²) in [5.74, 6) is 1.06. The van der Waals surface area contributed by atoms with E-state index < -0.39 is 0 Å². The van der Waals surface area contributed by atoms with Crippen molar-refractivity contribution in [3.8, 4) is 11.6 Å². The molecule has 2 atom stereocenters. The zero-order valence-corrected chi connectivity index (χ0v) is 15.7. The van der Waals surface area contributed by atoms with Gasteiger partial charge in [0.1, 0.15) is 17.9 Å². The fourth-order valence-corrected chi connectivity index (χ4v) is 2.99. The summed E-state index contributed by atoms with van der Waals surface area (Å²) in [7, 11) is 1.63. The largest absolute Gasteiger partial charge is 0.496 e. The third-order valence-corrected chi connectivity index (χ3v) is 4.24. The zero-order chi connectivity index (χ0) is 17.8. The van der Waals surface area contributed by atoms with Crippen molar-refractivity contribution < 1.29 is 19.0 Å². The van der Waals surface area contributed by atoms with Gasteiger partial charge < -0.3 is 19.5 Å². The summed E-state index contributed by atoms with van der Waals surface area (Å²) in [6.45, 7) is 6.57. The van der Waals surface area contributed by atoms with Gasteiger partial charge in [-0.15, -0.1) is 12.4 Å². The number of carbonyl (C=O) groups excluding carboxylic acids is 1. The van der Waals surface area contributed by atoms with Crippen LogP contribution in [0.4, 0.5) is 0 Å². The summed E-state index contributed by atoms with van der Waals surface area (Å²) in [5, 5.41) is 5.00. The predicted molar refractivity (Wildman–Crippen MR) is 103 cm³/mol. The Balaban J connectivity index is 0.00000243. The molecule has 0 amide bonds. The van der Waals surface area contributed by atoms with Gasteiger partial charge in [0, 0.05) is 30.1 Å². The second-order valence-corrected chi connectivity index (χ2v) is 5.82. The molecule has 0 unspecified atom stereocenters. The molecule has 1 N–H and O–H groups in total. The molecular weight excluding hydrogens is 356 g/mol. The van der Waals surface area contributed by atoms with E-state index in [-0.39, 0.29) is 30.5 Å². The zero-order valence-electron chi connectivity index (χ0n) is 14.9. The maximum atomic E-state index is 11.8. The van der Waals surface area contributed by atoms with E-state index in [0.29, 0.717) is 25.5 Å². The maximum absolute atomic E-state index is 11.8. The highest BCUT2D eigenvalue weighted by Gasteiger charge is 2.32. The van der Waals surface area contributed by atoms with Crippen LogP contribution in [-0.4, -0.2) is 43.4 Å². The van der Waals surface area contributed by atoms with Gasteiger partial charge in [-0.2, -0.15) is 0 Å². The SMILES string of the molecule is C=Cc1cc2c(O[C@H]3CN[C@H](C(=O)OCC)C3)nccc2cc1OC.Cl. The maximum Gasteiger partial charge on any atom is 0.323 e. The molecule has 1 fully saturated rings. The van der Waals surface area contributed by atoms with Gasteiger partial charge in [0.25, 0.3) is 0 Å². The van der Waals surface area contributed by atoms with Gasteiger partial charge in [0.15, 0.2) is 0 Å². The number of nitrogens with one attached hydrogen (secondary N) is 1. The number of halogens is 1. The first-order valence-corrected chi connectivity index (χ1v) is 8.32. The molecule has 3 rings (SSSR count). The van der Waals surface area contributed by atoms with Crippen molar-refractivity contribution in [2.75, 3.05) is 20.3 Å². The fourth-order valence-electron chi connectivity index (χ4n) is 2.99. The molecule has 1 aliphatic heterocycles. The van der Waals surface area contributed by atoms with Crippen LogP contribution in [0.2, 0.25) is 0 Å². The Hall–Kier alpha value is -2.31. The Morgan fingerprint density at radius 1 is 1.46 bits per heavy atom. The molecule has 0 bridgehead atoms. The smallest absolute Gasteiger partial charge is 0.323 e. The van der Waals surface area contributed by atoms with Crippen molar-refractivity contribution in [2.45, 2.75) is 25.5 Å². The van der Waals surface area contributed by atoms with Crippen molar-refractivity contribution >= 4 is 35.2 Å². The number of rotatable bonds is 6. The minimum Gasteiger partial charge on any atom is -0.496 e. The summed E-state index contributed by atoms with van der Waals surface area (Å²) < 4.78 is 16.5. The summed E-state index contributed by atoms with van der Waals surface area (Å²) in [6, 6.07) is 5.47. The predicted octanol–water partition coefficient (Wildman–Crippen LogP) is 2.98. The summed E-state index contributed by atoms with van der Waals surface area (Å²) in [4.78, 5) is 16.2. The molecule has 1 saturated heterocycles. The second kappa shape index (κ2) is 8.87. The molecular formula is C19H23ClN2O4. The molecule has 0 radical (unpaired) electrons. The van der Waals surface area contributed by atoms with Crippen LogP contribution in [0.5, 0.6) is 11.6 Å². The summed E-state index contributed by atoms with van der Waals surface area (Å²) in [6.07, 6.45) is 3.86. The van der Waals surface area contributed by atoms with E-state index in [2.05, 4.69) is 16.9 Å². The average Bonchev–Trinajstić information content (AvgIpc) is 3.09. The Morgan fingerprint density at radius 3 is 2.96 bits per heavy atom. The normalized spacial score (nSPS) is 18.8. The van der Waals surface area contributed by atoms with Gasteiger partial charge >= 0.3 is 5.97 Å². The standard InChI is InChI=1S/C19H22N2O4.ClH/c1-4-12-8-15-13(9-17(12)23-3)6-7-20-18(15)25-14-10-16(21-11-14)19(22)24-5-2;/h4,6-9,14,16,21H,1,5,10-11H2,2-3H3;1H/t14-,16+;/m1./s1. The van der Waals surface area contributed by atoms with Gasteiger partial charge in [-0.3, -0.25) is 4.79 Å². The molecule has 7 heteroatoms. The van der Waals surface area contributed by atoms with Crippen LogP contribution >= 0.6 is 12.4 Å². The highest BCUT2D eigenvalue weighted by Crippen LogP contribution is 2.32. The molecule has 1 aliphatic rings. The lowest BCUT2D eigenvalue weighted by molar-refractivity contribution is -0.145. The van der Waals surface area contributed by atoms with E-state index in [1.54, 1.807) is 26.3 Å². The molecule has 0 aliphatic carbocycles. The number of methoxy groups -OCH3 is 1. The molecule has 140 valence electrons. The quantitative estimate of drug-likeness (QED) is 0.779. The van der Waals surface area contributed by atoms with E-state index >= 15 is 0 Å². The van der Waals surface area contributed by atoms with Gasteiger partial charge in [0.2, 0.25) is 5.88 Å². The van der Waals surface area contributed by atoms with Crippen LogP contribution in [0.15, 0.2) is 31.0 Å². The van der Waals surface area contributed by atoms with E-state index in [1.165, 1.54) is 0 Å². The highest BCUT2D eigenvalue weighted by molar-refractivity contribution is 5.90. The molecule has 26 heavy (non-hydrogen) atoms. The Labute approximate surface area is 158 Å². The summed E-state index contributed by atoms with van der Waals surface area (Å²) >= 11 is 0. The third-order valence-electron chi connectivity index (χ3n) is 4.24. The van der Waals surface area contributed by atoms with E-state index in [0.717, 1.165) is 22.1 Å². The number of benzene rings is 1. The Kier molecular flexibility index (Phi) is 6.83. The van der Waals surface area contributed by atoms with Crippen LogP contribution in [0, 0.1) is 0 Å². The average molecular weight is 379 g/mol. The van der Waals surface area contributed by atoms with Crippen LogP contribution < -0.4 is 14.8 Å². The first-order chi connectivity index (χ1) is 12.2. The van der Waals surface area contributed by atoms with E-state index in [9.17, 15) is 4.79 Å². The summed E-state index contributed by atoms with van der Waals surface area (Å²) in [5.41, 5.74) is 0.877. The first-order valence-electron chi connectivity index (χ1n) is 8.32. The van der Waals surface area contributed by atoms with E-state index in [1.807, 2.05) is 18.2 Å². The van der Waals surface area contributed by atoms with Crippen LogP contribution in [0.25, 0.3) is 16.8 Å². The lowest BCUT2D eigenvalue weighted by Gasteiger charge is -2.15. The van der Waals surface area contributed by atoms with Crippen molar-refractivity contribution in [1.82, 2.24) is 10.3 Å². The lowest BCUT2D eigenvalue weighted by atomic mass is 10.1. The van der Waals surface area contributed by atoms with Crippen molar-refractivity contribution in [3.63, 3.8) is 0 Å². The van der Waals surface area contributed by atoms with Gasteiger partial charge in [0.05, 0.1) is 13.7 Å². The molecule has 2 aromatic rings. The number of aromatic nitrogens is 1. The van der Waals surface area contributed by atoms with Gasteiger partial charge in [-0.05, 0) is 30.5 Å². The number of hydrogen-bond donors (Lipinski definition) is 1. The number of carbonyl (C=O) groups is 1. The number of esters is 1. The van der Waals surface area contributed by atoms with E-state index in [4.69, 9.17) is 14.2 Å². The minimum absolute atomic E-state index is 0. The second-order valence-electron chi connectivity index (χ2n) is 5.82. The molecule has 0 saturated carbocycles. The number of fused-ring (bicyclic) bond motifs is 1. The monoisotopic (exact) mass is 378 g/mol. The Bertz CT molecular complexity index is 796. The molecule has 1 aromatic heterocycles. The van der Waals surface area contributed by atoms with Crippen molar-refractivity contribution in [2.24, 2.45) is 0 Å². The van der Waals surface area contributed by atoms with Gasteiger partial charge in [-0.1, -0.05) is 12.7 Å². The lowest BCUT2D eigenvalue weighted by Crippen LogP contribution is -2.32. The number of pyridine rings is 1. The van der Waals surface area contributed by atoms with Crippen LogP contribution in [-0.2, 0) is 9.53 Å². The molecule has 2 heterocycles. The van der Waals surface area contributed by atoms with Gasteiger partial charge in [-0.25, -0.2) is 4.98 Å².